The number of carbonyl (C=O) groups excluding carboxylic acids is 2. The minimum absolute atomic E-state index is 0.358. The highest BCUT2D eigenvalue weighted by atomic mass is 16.7. The van der Waals surface area contributed by atoms with Crippen molar-refractivity contribution in [1.29, 1.82) is 0 Å². The summed E-state index contributed by atoms with van der Waals surface area (Å²) in [6.07, 6.45) is 0.521. The number of primary amides is 2. The summed E-state index contributed by atoms with van der Waals surface area (Å²) in [5, 5.41) is 24.0. The van der Waals surface area contributed by atoms with Crippen molar-refractivity contribution in [3.63, 3.8) is 0 Å². The zero-order chi connectivity index (χ0) is 30.4. The summed E-state index contributed by atoms with van der Waals surface area (Å²) >= 11 is 0. The second kappa shape index (κ2) is 10.8. The number of rotatable bonds is 9. The molecule has 0 aliphatic carbocycles. The van der Waals surface area contributed by atoms with Gasteiger partial charge in [-0.3, -0.25) is 9.59 Å². The Balaban J connectivity index is 2.81. The predicted octanol–water partition coefficient (Wildman–Crippen LogP) is 4.12. The quantitative estimate of drug-likeness (QED) is 0.301. The Morgan fingerprint density at radius 2 is 1.03 bits per heavy atom. The van der Waals surface area contributed by atoms with E-state index in [1.807, 2.05) is 62.3 Å². The number of nitrogens with zero attached hydrogens (tertiary/aromatic N) is 2. The molecule has 0 bridgehead atoms. The summed E-state index contributed by atoms with van der Waals surface area (Å²) < 4.78 is 0. The Morgan fingerprint density at radius 3 is 1.23 bits per heavy atom. The number of carboxylic acid groups (broad SMARTS) is 2. The zero-order valence-electron chi connectivity index (χ0n) is 24.9. The number of carboxylic acids is 2. The van der Waals surface area contributed by atoms with Crippen LogP contribution in [0.4, 0.5) is 9.59 Å². The predicted molar refractivity (Wildman–Crippen MR) is 143 cm³/mol. The maximum atomic E-state index is 12.8. The molecule has 2 fully saturated rings. The van der Waals surface area contributed by atoms with Gasteiger partial charge in [-0.25, -0.2) is 9.59 Å². The first-order valence-electron chi connectivity index (χ1n) is 13.6. The third-order valence-corrected chi connectivity index (χ3v) is 8.78. The lowest BCUT2D eigenvalue weighted by Gasteiger charge is -2.62. The Hall–Kier alpha value is -2.60. The molecule has 0 aromatic heterocycles. The van der Waals surface area contributed by atoms with Crippen LogP contribution >= 0.6 is 0 Å². The Kier molecular flexibility index (Phi) is 9.00. The van der Waals surface area contributed by atoms with E-state index in [0.29, 0.717) is 38.5 Å². The molecule has 0 saturated carbocycles. The molecule has 6 N–H and O–H groups in total. The molecular formula is C27H48N4O8. The van der Waals surface area contributed by atoms with Crippen molar-refractivity contribution in [3.05, 3.63) is 0 Å². The first kappa shape index (κ1) is 32.6. The van der Waals surface area contributed by atoms with Crippen molar-refractivity contribution < 1.29 is 39.1 Å². The largest absolute Gasteiger partial charge is 0.481 e. The van der Waals surface area contributed by atoms with Crippen LogP contribution in [-0.2, 0) is 19.3 Å². The molecule has 2 saturated heterocycles. The number of hydroxylamine groups is 4. The van der Waals surface area contributed by atoms with Crippen LogP contribution in [0.3, 0.4) is 0 Å². The lowest BCUT2D eigenvalue weighted by atomic mass is 9.48. The van der Waals surface area contributed by atoms with E-state index < -0.39 is 57.6 Å². The highest BCUT2D eigenvalue weighted by Gasteiger charge is 2.64. The van der Waals surface area contributed by atoms with Crippen LogP contribution < -0.4 is 11.5 Å². The molecular weight excluding hydrogens is 508 g/mol. The normalized spacial score (nSPS) is 23.7. The van der Waals surface area contributed by atoms with Crippen molar-refractivity contribution in [2.75, 3.05) is 0 Å². The van der Waals surface area contributed by atoms with E-state index in [2.05, 4.69) is 0 Å². The van der Waals surface area contributed by atoms with E-state index >= 15 is 0 Å². The summed E-state index contributed by atoms with van der Waals surface area (Å²) in [6, 6.07) is 0. The Bertz CT molecular complexity index is 871. The van der Waals surface area contributed by atoms with E-state index in [4.69, 9.17) is 21.1 Å². The Morgan fingerprint density at radius 1 is 0.744 bits per heavy atom. The van der Waals surface area contributed by atoms with Gasteiger partial charge in [-0.05, 0) is 99.3 Å². The Labute approximate surface area is 231 Å². The standard InChI is InChI=1S/C27H48N4O8/c1-10-11-27(18(19(32)33)20(34)35,16-12-23(2,3)30(38-21(28)36)24(4,5)13-16)17-14-25(6,7)31(39-22(29)37)26(8,9)15-17/h16-18H,10-15H2,1-9H3,(H2,28,36)(H2,29,37)(H,32,33)(H,34,35). The van der Waals surface area contributed by atoms with Crippen molar-refractivity contribution >= 4 is 24.1 Å². The number of carbonyl (C=O) groups is 4. The summed E-state index contributed by atoms with van der Waals surface area (Å²) in [5.74, 6) is -5.18. The van der Waals surface area contributed by atoms with Gasteiger partial charge in [0.2, 0.25) is 0 Å². The van der Waals surface area contributed by atoms with Crippen LogP contribution in [0.25, 0.3) is 0 Å². The van der Waals surface area contributed by atoms with E-state index in [1.165, 1.54) is 0 Å². The van der Waals surface area contributed by atoms with Gasteiger partial charge in [0, 0.05) is 5.41 Å². The minimum atomic E-state index is -1.68. The van der Waals surface area contributed by atoms with Gasteiger partial charge in [0.25, 0.3) is 0 Å². The second-order valence-electron chi connectivity index (χ2n) is 13.8. The molecule has 0 aromatic carbocycles. The van der Waals surface area contributed by atoms with Crippen LogP contribution in [0.2, 0.25) is 0 Å². The molecule has 2 rings (SSSR count). The summed E-state index contributed by atoms with van der Waals surface area (Å²) in [5.41, 5.74) is 6.48. The van der Waals surface area contributed by atoms with Gasteiger partial charge in [0.1, 0.15) is 0 Å². The third-order valence-electron chi connectivity index (χ3n) is 8.78. The number of piperidine rings is 2. The molecule has 12 heteroatoms. The fourth-order valence-corrected chi connectivity index (χ4v) is 8.32. The summed E-state index contributed by atoms with van der Waals surface area (Å²) in [7, 11) is 0. The number of amides is 2. The SMILES string of the molecule is CCCC(C1CC(C)(C)N(OC(N)=O)C(C)(C)C1)(C1CC(C)(C)N(OC(N)=O)C(C)(C)C1)C(C(=O)O)C(=O)O. The molecule has 2 aliphatic rings. The fourth-order valence-electron chi connectivity index (χ4n) is 8.32. The van der Waals surface area contributed by atoms with Crippen LogP contribution in [0.1, 0.15) is 101 Å². The monoisotopic (exact) mass is 556 g/mol. The molecule has 0 unspecified atom stereocenters. The zero-order valence-corrected chi connectivity index (χ0v) is 24.9. The van der Waals surface area contributed by atoms with E-state index in [1.54, 1.807) is 10.1 Å². The lowest BCUT2D eigenvalue weighted by molar-refractivity contribution is -0.277. The highest BCUT2D eigenvalue weighted by molar-refractivity contribution is 5.94. The highest BCUT2D eigenvalue weighted by Crippen LogP contribution is 2.61. The van der Waals surface area contributed by atoms with Crippen LogP contribution in [0, 0.1) is 23.2 Å². The molecule has 0 atom stereocenters. The van der Waals surface area contributed by atoms with Crippen molar-refractivity contribution in [3.8, 4) is 0 Å². The van der Waals surface area contributed by atoms with Gasteiger partial charge in [-0.2, -0.15) is 0 Å². The second-order valence-corrected chi connectivity index (χ2v) is 13.8. The molecule has 224 valence electrons. The molecule has 12 nitrogen and oxygen atoms in total. The van der Waals surface area contributed by atoms with Crippen molar-refractivity contribution in [2.24, 2.45) is 34.6 Å². The van der Waals surface area contributed by atoms with E-state index in [9.17, 15) is 29.4 Å². The van der Waals surface area contributed by atoms with Crippen molar-refractivity contribution in [2.45, 2.75) is 123 Å². The number of hydrogen-bond acceptors (Lipinski definition) is 8. The van der Waals surface area contributed by atoms with Crippen LogP contribution in [0.15, 0.2) is 0 Å². The molecule has 2 aliphatic heterocycles. The molecule has 0 aromatic rings. The molecule has 2 heterocycles. The van der Waals surface area contributed by atoms with Crippen molar-refractivity contribution in [1.82, 2.24) is 10.1 Å². The van der Waals surface area contributed by atoms with Gasteiger partial charge >= 0.3 is 24.1 Å². The maximum Gasteiger partial charge on any atom is 0.423 e. The van der Waals surface area contributed by atoms with Gasteiger partial charge in [-0.15, -0.1) is 10.1 Å². The lowest BCUT2D eigenvalue weighted by Crippen LogP contribution is -2.68. The molecule has 39 heavy (non-hydrogen) atoms. The van der Waals surface area contributed by atoms with E-state index in [0.717, 1.165) is 0 Å². The van der Waals surface area contributed by atoms with Gasteiger partial charge < -0.3 is 31.4 Å². The minimum Gasteiger partial charge on any atom is -0.481 e. The van der Waals surface area contributed by atoms with Crippen LogP contribution in [-0.4, -0.2) is 66.6 Å². The number of nitrogens with two attached hydrogens (primary N) is 2. The van der Waals surface area contributed by atoms with E-state index in [-0.39, 0.29) is 11.8 Å². The smallest absolute Gasteiger partial charge is 0.423 e. The van der Waals surface area contributed by atoms with Gasteiger partial charge in [0.05, 0.1) is 22.2 Å². The van der Waals surface area contributed by atoms with Gasteiger partial charge in [-0.1, -0.05) is 13.3 Å². The topological polar surface area (TPSA) is 186 Å². The van der Waals surface area contributed by atoms with Crippen LogP contribution in [0.5, 0.6) is 0 Å². The number of aliphatic carboxylic acids is 2. The molecule has 0 spiro atoms. The average Bonchev–Trinajstić information content (AvgIpc) is 2.71. The number of hydrogen-bond donors (Lipinski definition) is 4. The average molecular weight is 557 g/mol. The first-order valence-corrected chi connectivity index (χ1v) is 13.6. The van der Waals surface area contributed by atoms with Gasteiger partial charge in [0.15, 0.2) is 5.92 Å². The molecule has 0 radical (unpaired) electrons. The molecule has 2 amide bonds. The fraction of sp³-hybridized carbons (Fsp3) is 0.852. The summed E-state index contributed by atoms with van der Waals surface area (Å²) in [4.78, 5) is 60.1. The summed E-state index contributed by atoms with van der Waals surface area (Å²) in [6.45, 7) is 17.0. The maximum absolute atomic E-state index is 12.8. The third kappa shape index (κ3) is 6.26. The first-order chi connectivity index (χ1) is 17.5.